The van der Waals surface area contributed by atoms with Crippen LogP contribution in [0.1, 0.15) is 39.1 Å². The molecule has 5 aromatic rings. The molecule has 0 unspecified atom stereocenters. The van der Waals surface area contributed by atoms with Gasteiger partial charge in [-0.3, -0.25) is 14.2 Å². The first kappa shape index (κ1) is 30.2. The van der Waals surface area contributed by atoms with Crippen molar-refractivity contribution >= 4 is 40.6 Å². The number of amides is 2. The summed E-state index contributed by atoms with van der Waals surface area (Å²) in [5.41, 5.74) is 2.52. The molecule has 2 amide bonds. The number of thioether (sulfide) groups is 1. The summed E-state index contributed by atoms with van der Waals surface area (Å²) >= 11 is 2.68. The molecule has 6 rings (SSSR count). The number of carbonyl (C=O) groups is 2. The Morgan fingerprint density at radius 1 is 1.00 bits per heavy atom. The van der Waals surface area contributed by atoms with Gasteiger partial charge in [0.05, 0.1) is 36.0 Å². The largest absolute Gasteiger partial charge is 0.497 e. The van der Waals surface area contributed by atoms with Crippen LogP contribution >= 0.6 is 23.1 Å². The second kappa shape index (κ2) is 13.4. The Labute approximate surface area is 265 Å². The molecule has 3 aromatic carbocycles. The maximum Gasteiger partial charge on any atom is 0.253 e. The van der Waals surface area contributed by atoms with Crippen LogP contribution in [0.2, 0.25) is 0 Å². The molecular weight excluding hydrogens is 619 g/mol. The summed E-state index contributed by atoms with van der Waals surface area (Å²) in [7, 11) is 1.52. The first-order chi connectivity index (χ1) is 21.9. The summed E-state index contributed by atoms with van der Waals surface area (Å²) < 4.78 is 34.4. The van der Waals surface area contributed by atoms with Gasteiger partial charge in [-0.1, -0.05) is 36.0 Å². The number of rotatable bonds is 10. The SMILES string of the molecule is COc1cccc(C(=O)NCc2nnc(SCC(=O)N3N=C(c4cccs4)C[C@H]3c3ccc(F)cc3)n2-c2ccc(F)cc2)c1. The minimum absolute atomic E-state index is 0.0160. The normalized spacial score (nSPS) is 14.3. The monoisotopic (exact) mass is 644 g/mol. The highest BCUT2D eigenvalue weighted by Gasteiger charge is 2.33. The molecule has 0 radical (unpaired) electrons. The van der Waals surface area contributed by atoms with Gasteiger partial charge in [-0.15, -0.1) is 21.5 Å². The lowest BCUT2D eigenvalue weighted by Crippen LogP contribution is -2.28. The van der Waals surface area contributed by atoms with E-state index in [4.69, 9.17) is 4.74 Å². The summed E-state index contributed by atoms with van der Waals surface area (Å²) in [6.07, 6.45) is 0.492. The molecule has 0 fully saturated rings. The van der Waals surface area contributed by atoms with Crippen molar-refractivity contribution in [3.63, 3.8) is 0 Å². The predicted octanol–water partition coefficient (Wildman–Crippen LogP) is 6.02. The van der Waals surface area contributed by atoms with E-state index in [1.54, 1.807) is 53.1 Å². The predicted molar refractivity (Wildman–Crippen MR) is 168 cm³/mol. The average molecular weight is 645 g/mol. The second-order valence-corrected chi connectivity index (χ2v) is 11.8. The van der Waals surface area contributed by atoms with E-state index in [-0.39, 0.29) is 29.9 Å². The number of aromatic nitrogens is 3. The van der Waals surface area contributed by atoms with Crippen molar-refractivity contribution in [3.8, 4) is 11.4 Å². The molecule has 2 aromatic heterocycles. The van der Waals surface area contributed by atoms with Crippen molar-refractivity contribution in [2.75, 3.05) is 12.9 Å². The molecule has 1 atom stereocenters. The maximum atomic E-state index is 13.8. The molecule has 9 nitrogen and oxygen atoms in total. The van der Waals surface area contributed by atoms with Gasteiger partial charge in [0.15, 0.2) is 11.0 Å². The molecule has 0 aliphatic carbocycles. The number of halogens is 2. The standard InChI is InChI=1S/C32H26F2N6O3S2/c1-43-25-5-2-4-21(16-25)31(42)35-18-29-36-37-32(39(29)24-13-11-23(34)12-14-24)45-19-30(41)40-27(20-7-9-22(33)10-8-20)17-26(38-40)28-6-3-15-44-28/h2-16,27H,17-19H2,1H3,(H,35,42)/t27-/m0/s1. The smallest absolute Gasteiger partial charge is 0.253 e. The van der Waals surface area contributed by atoms with E-state index in [0.717, 1.165) is 27.9 Å². The minimum atomic E-state index is -0.413. The molecule has 0 bridgehead atoms. The molecule has 45 heavy (non-hydrogen) atoms. The minimum Gasteiger partial charge on any atom is -0.497 e. The van der Waals surface area contributed by atoms with Gasteiger partial charge in [0.1, 0.15) is 17.4 Å². The molecule has 1 aliphatic rings. The number of benzene rings is 3. The number of hydrogen-bond acceptors (Lipinski definition) is 8. The highest BCUT2D eigenvalue weighted by Crippen LogP contribution is 2.35. The molecule has 0 spiro atoms. The lowest BCUT2D eigenvalue weighted by Gasteiger charge is -2.22. The van der Waals surface area contributed by atoms with Gasteiger partial charge in [-0.05, 0) is 71.6 Å². The lowest BCUT2D eigenvalue weighted by atomic mass is 10.0. The lowest BCUT2D eigenvalue weighted by molar-refractivity contribution is -0.130. The van der Waals surface area contributed by atoms with E-state index in [1.807, 2.05) is 17.5 Å². The van der Waals surface area contributed by atoms with Crippen LogP contribution in [0.15, 0.2) is 101 Å². The first-order valence-corrected chi connectivity index (χ1v) is 15.7. The van der Waals surface area contributed by atoms with Gasteiger partial charge in [-0.2, -0.15) is 5.10 Å². The summed E-state index contributed by atoms with van der Waals surface area (Å²) in [4.78, 5) is 27.5. The zero-order valence-electron chi connectivity index (χ0n) is 23.9. The van der Waals surface area contributed by atoms with Crippen molar-refractivity contribution < 1.29 is 23.1 Å². The molecule has 0 saturated heterocycles. The maximum absolute atomic E-state index is 13.8. The summed E-state index contributed by atoms with van der Waals surface area (Å²) in [5, 5.41) is 19.9. The van der Waals surface area contributed by atoms with Crippen molar-refractivity contribution in [1.29, 1.82) is 0 Å². The Hall–Kier alpha value is -4.88. The highest BCUT2D eigenvalue weighted by molar-refractivity contribution is 7.99. The van der Waals surface area contributed by atoms with Crippen molar-refractivity contribution in [3.05, 3.63) is 124 Å². The Morgan fingerprint density at radius 3 is 2.47 bits per heavy atom. The van der Waals surface area contributed by atoms with Gasteiger partial charge >= 0.3 is 0 Å². The van der Waals surface area contributed by atoms with Crippen LogP contribution in [0.5, 0.6) is 5.75 Å². The number of hydrazone groups is 1. The van der Waals surface area contributed by atoms with E-state index in [1.165, 1.54) is 47.7 Å². The number of thiophene rings is 1. The number of methoxy groups -OCH3 is 1. The van der Waals surface area contributed by atoms with Crippen molar-refractivity contribution in [2.24, 2.45) is 5.10 Å². The van der Waals surface area contributed by atoms with Crippen molar-refractivity contribution in [2.45, 2.75) is 24.2 Å². The number of nitrogens with zero attached hydrogens (tertiary/aromatic N) is 5. The van der Waals surface area contributed by atoms with Crippen molar-refractivity contribution in [1.82, 2.24) is 25.1 Å². The van der Waals surface area contributed by atoms with E-state index in [0.29, 0.717) is 34.4 Å². The van der Waals surface area contributed by atoms with Gasteiger partial charge in [-0.25, -0.2) is 13.8 Å². The molecular formula is C32H26F2N6O3S2. The third-order valence-corrected chi connectivity index (χ3v) is 8.91. The Kier molecular flexibility index (Phi) is 8.98. The fourth-order valence-corrected chi connectivity index (χ4v) is 6.40. The number of hydrogen-bond donors (Lipinski definition) is 1. The van der Waals surface area contributed by atoms with E-state index >= 15 is 0 Å². The number of nitrogens with one attached hydrogen (secondary N) is 1. The molecule has 1 aliphatic heterocycles. The van der Waals surface area contributed by atoms with Crippen LogP contribution < -0.4 is 10.1 Å². The summed E-state index contributed by atoms with van der Waals surface area (Å²) in [6.45, 7) is 0.0160. The van der Waals surface area contributed by atoms with Crippen LogP contribution in [0.3, 0.4) is 0 Å². The number of carbonyl (C=O) groups excluding carboxylic acids is 2. The van der Waals surface area contributed by atoms with Gasteiger partial charge in [0.2, 0.25) is 0 Å². The van der Waals surface area contributed by atoms with Crippen LogP contribution in [0.25, 0.3) is 5.69 Å². The Morgan fingerprint density at radius 2 is 1.76 bits per heavy atom. The quantitative estimate of drug-likeness (QED) is 0.187. The average Bonchev–Trinajstić information content (AvgIpc) is 3.84. The number of ether oxygens (including phenoxy) is 1. The molecule has 228 valence electrons. The molecule has 13 heteroatoms. The van der Waals surface area contributed by atoms with Crippen LogP contribution in [-0.2, 0) is 11.3 Å². The Bertz CT molecular complexity index is 1840. The zero-order valence-corrected chi connectivity index (χ0v) is 25.5. The first-order valence-electron chi connectivity index (χ1n) is 13.8. The van der Waals surface area contributed by atoms with Crippen LogP contribution in [0.4, 0.5) is 8.78 Å². The molecule has 3 heterocycles. The highest BCUT2D eigenvalue weighted by atomic mass is 32.2. The third kappa shape index (κ3) is 6.79. The molecule has 1 N–H and O–H groups in total. The van der Waals surface area contributed by atoms with E-state index in [9.17, 15) is 18.4 Å². The van der Waals surface area contributed by atoms with Crippen LogP contribution in [-0.4, -0.2) is 50.2 Å². The van der Waals surface area contributed by atoms with Gasteiger partial charge < -0.3 is 10.1 Å². The topological polar surface area (TPSA) is 102 Å². The molecule has 0 saturated carbocycles. The second-order valence-electron chi connectivity index (χ2n) is 9.95. The van der Waals surface area contributed by atoms with Crippen LogP contribution in [0, 0.1) is 11.6 Å². The van der Waals surface area contributed by atoms with Gasteiger partial charge in [0, 0.05) is 17.7 Å². The van der Waals surface area contributed by atoms with Gasteiger partial charge in [0.25, 0.3) is 11.8 Å². The fourth-order valence-electron chi connectivity index (χ4n) is 4.85. The van der Waals surface area contributed by atoms with E-state index < -0.39 is 11.9 Å². The third-order valence-electron chi connectivity index (χ3n) is 7.08. The Balaban J connectivity index is 1.23. The van der Waals surface area contributed by atoms with E-state index in [2.05, 4.69) is 20.6 Å². The summed E-state index contributed by atoms with van der Waals surface area (Å²) in [6, 6.07) is 22.1. The zero-order chi connectivity index (χ0) is 31.3. The fraction of sp³-hybridized carbons (Fsp3) is 0.156. The summed E-state index contributed by atoms with van der Waals surface area (Å²) in [5.74, 6) is -0.489.